The van der Waals surface area contributed by atoms with Gasteiger partial charge in [-0.15, -0.1) is 0 Å². The number of nitrogens with one attached hydrogen (secondary N) is 1. The Labute approximate surface area is 166 Å². The average Bonchev–Trinajstić information content (AvgIpc) is 3.04. The summed E-state index contributed by atoms with van der Waals surface area (Å²) in [6, 6.07) is 7.69. The summed E-state index contributed by atoms with van der Waals surface area (Å²) < 4.78 is 5.76. The third-order valence-corrected chi connectivity index (χ3v) is 5.04. The van der Waals surface area contributed by atoms with Crippen LogP contribution in [0, 0.1) is 6.92 Å². The minimum atomic E-state index is -0.516. The molecular formula is C20H19ClN4O3. The highest BCUT2D eigenvalue weighted by molar-refractivity contribution is 6.45. The van der Waals surface area contributed by atoms with Gasteiger partial charge in [0.2, 0.25) is 0 Å². The largest absolute Gasteiger partial charge is 0.458 e. The van der Waals surface area contributed by atoms with Gasteiger partial charge >= 0.3 is 6.01 Å². The number of para-hydroxylation sites is 1. The van der Waals surface area contributed by atoms with Crippen LogP contribution in [0.4, 0.5) is 0 Å². The Morgan fingerprint density at radius 1 is 1.25 bits per heavy atom. The molecule has 4 rings (SSSR count). The number of piperidine rings is 1. The van der Waals surface area contributed by atoms with Gasteiger partial charge in [-0.05, 0) is 25.8 Å². The van der Waals surface area contributed by atoms with Crippen LogP contribution in [0.15, 0.2) is 36.7 Å². The van der Waals surface area contributed by atoms with Crippen molar-refractivity contribution in [3.05, 3.63) is 52.9 Å². The molecule has 1 aliphatic heterocycles. The van der Waals surface area contributed by atoms with Crippen LogP contribution in [0.3, 0.4) is 0 Å². The highest BCUT2D eigenvalue weighted by atomic mass is 35.5. The number of halogens is 1. The Morgan fingerprint density at radius 2 is 2.00 bits per heavy atom. The first-order valence-corrected chi connectivity index (χ1v) is 9.46. The van der Waals surface area contributed by atoms with Gasteiger partial charge in [0.15, 0.2) is 0 Å². The normalized spacial score (nSPS) is 16.9. The van der Waals surface area contributed by atoms with Gasteiger partial charge in [-0.1, -0.05) is 29.8 Å². The topological polar surface area (TPSA) is 88.2 Å². The third kappa shape index (κ3) is 3.57. The summed E-state index contributed by atoms with van der Waals surface area (Å²) in [6.45, 7) is 2.64. The molecule has 144 valence electrons. The molecule has 1 saturated heterocycles. The van der Waals surface area contributed by atoms with Gasteiger partial charge in [-0.2, -0.15) is 0 Å². The lowest BCUT2D eigenvalue weighted by Crippen LogP contribution is -2.47. The maximum Gasteiger partial charge on any atom is 0.316 e. The van der Waals surface area contributed by atoms with Gasteiger partial charge in [0, 0.05) is 23.1 Å². The third-order valence-electron chi connectivity index (χ3n) is 4.85. The number of ketones is 1. The summed E-state index contributed by atoms with van der Waals surface area (Å²) in [6.07, 6.45) is 4.15. The van der Waals surface area contributed by atoms with E-state index in [-0.39, 0.29) is 12.1 Å². The Morgan fingerprint density at radius 3 is 2.79 bits per heavy atom. The Bertz CT molecular complexity index is 1030. The lowest BCUT2D eigenvalue weighted by molar-refractivity contribution is -0.129. The number of ether oxygens (including phenoxy) is 1. The number of aromatic amines is 1. The van der Waals surface area contributed by atoms with Gasteiger partial charge in [-0.25, -0.2) is 9.97 Å². The van der Waals surface area contributed by atoms with Crippen molar-refractivity contribution in [1.29, 1.82) is 0 Å². The van der Waals surface area contributed by atoms with Gasteiger partial charge in [0.1, 0.15) is 6.10 Å². The van der Waals surface area contributed by atoms with Crippen molar-refractivity contribution < 1.29 is 14.3 Å². The first kappa shape index (κ1) is 18.4. The number of Topliss-reactive ketones (excluding diaryl/α,β-unsaturated/α-hetero) is 1. The van der Waals surface area contributed by atoms with Gasteiger partial charge < -0.3 is 14.6 Å². The lowest BCUT2D eigenvalue weighted by Gasteiger charge is -2.31. The standard InChI is InChI=1S/C20H19ClN4O3/c1-12-17(15-6-2-3-7-16(15)24-12)18(26)19(27)25-8-4-5-14(11-25)28-20-22-9-13(21)10-23-20/h2-3,6-7,9-10,14,24H,4-5,8,11H2,1H3. The molecule has 3 heterocycles. The van der Waals surface area contributed by atoms with Crippen molar-refractivity contribution in [2.45, 2.75) is 25.9 Å². The number of likely N-dealkylation sites (tertiary alicyclic amines) is 1. The second-order valence-corrected chi connectivity index (χ2v) is 7.25. The van der Waals surface area contributed by atoms with Crippen molar-refractivity contribution in [3.8, 4) is 6.01 Å². The van der Waals surface area contributed by atoms with E-state index >= 15 is 0 Å². The summed E-state index contributed by atoms with van der Waals surface area (Å²) in [5.74, 6) is -1.02. The summed E-state index contributed by atoms with van der Waals surface area (Å²) in [5, 5.41) is 1.19. The highest BCUT2D eigenvalue weighted by Gasteiger charge is 2.31. The molecule has 0 aliphatic carbocycles. The van der Waals surface area contributed by atoms with Crippen LogP contribution in [0.1, 0.15) is 28.9 Å². The molecule has 0 spiro atoms. The SMILES string of the molecule is Cc1[nH]c2ccccc2c1C(=O)C(=O)N1CCCC(Oc2ncc(Cl)cn2)C1. The Balaban J connectivity index is 1.50. The lowest BCUT2D eigenvalue weighted by atomic mass is 10.0. The van der Waals surface area contributed by atoms with Crippen molar-refractivity contribution in [1.82, 2.24) is 19.9 Å². The number of H-pyrrole nitrogens is 1. The number of amides is 1. The number of benzene rings is 1. The van der Waals surface area contributed by atoms with E-state index in [4.69, 9.17) is 16.3 Å². The predicted molar refractivity (Wildman–Crippen MR) is 105 cm³/mol. The highest BCUT2D eigenvalue weighted by Crippen LogP contribution is 2.24. The van der Waals surface area contributed by atoms with Crippen LogP contribution in [-0.4, -0.2) is 50.7 Å². The van der Waals surface area contributed by atoms with Gasteiger partial charge in [0.25, 0.3) is 11.7 Å². The van der Waals surface area contributed by atoms with Crippen LogP contribution in [0.2, 0.25) is 5.02 Å². The maximum atomic E-state index is 13.0. The zero-order valence-corrected chi connectivity index (χ0v) is 16.1. The molecule has 2 aromatic heterocycles. The van der Waals surface area contributed by atoms with E-state index in [0.717, 1.165) is 23.7 Å². The molecule has 7 nitrogen and oxygen atoms in total. The molecule has 0 radical (unpaired) electrons. The van der Waals surface area contributed by atoms with Crippen LogP contribution in [0.5, 0.6) is 6.01 Å². The quantitative estimate of drug-likeness (QED) is 0.538. The summed E-state index contributed by atoms with van der Waals surface area (Å²) in [4.78, 5) is 38.6. The number of aromatic nitrogens is 3. The minimum absolute atomic E-state index is 0.211. The number of fused-ring (bicyclic) bond motifs is 1. The van der Waals surface area contributed by atoms with Crippen molar-refractivity contribution in [2.75, 3.05) is 13.1 Å². The van der Waals surface area contributed by atoms with Crippen molar-refractivity contribution in [3.63, 3.8) is 0 Å². The number of nitrogens with zero attached hydrogens (tertiary/aromatic N) is 3. The molecule has 1 N–H and O–H groups in total. The van der Waals surface area contributed by atoms with E-state index in [1.165, 1.54) is 12.4 Å². The van der Waals surface area contributed by atoms with Crippen molar-refractivity contribution >= 4 is 34.2 Å². The van der Waals surface area contributed by atoms with Gasteiger partial charge in [-0.3, -0.25) is 9.59 Å². The summed E-state index contributed by atoms with van der Waals surface area (Å²) in [5.41, 5.74) is 1.97. The molecule has 3 aromatic rings. The van der Waals surface area contributed by atoms with E-state index in [1.807, 2.05) is 24.3 Å². The van der Waals surface area contributed by atoms with E-state index in [2.05, 4.69) is 15.0 Å². The molecule has 0 bridgehead atoms. The van der Waals surface area contributed by atoms with Crippen LogP contribution >= 0.6 is 11.6 Å². The zero-order chi connectivity index (χ0) is 19.7. The first-order valence-electron chi connectivity index (χ1n) is 9.08. The Kier molecular flexibility index (Phi) is 5.00. The first-order chi connectivity index (χ1) is 13.5. The smallest absolute Gasteiger partial charge is 0.316 e. The molecule has 8 heteroatoms. The van der Waals surface area contributed by atoms with Crippen molar-refractivity contribution in [2.24, 2.45) is 0 Å². The maximum absolute atomic E-state index is 13.0. The molecule has 0 saturated carbocycles. The molecule has 28 heavy (non-hydrogen) atoms. The molecular weight excluding hydrogens is 380 g/mol. The number of hydrogen-bond acceptors (Lipinski definition) is 5. The molecule has 1 fully saturated rings. The average molecular weight is 399 g/mol. The summed E-state index contributed by atoms with van der Waals surface area (Å²) >= 11 is 5.78. The fourth-order valence-corrected chi connectivity index (χ4v) is 3.65. The van der Waals surface area contributed by atoms with E-state index < -0.39 is 11.7 Å². The molecule has 1 amide bonds. The predicted octanol–water partition coefficient (Wildman–Crippen LogP) is 3.17. The number of carbonyl (C=O) groups is 2. The minimum Gasteiger partial charge on any atom is -0.458 e. The summed E-state index contributed by atoms with van der Waals surface area (Å²) in [7, 11) is 0. The fraction of sp³-hybridized carbons (Fsp3) is 0.300. The molecule has 1 aromatic carbocycles. The number of rotatable bonds is 4. The monoisotopic (exact) mass is 398 g/mol. The molecule has 1 atom stereocenters. The Hall–Kier alpha value is -2.93. The second kappa shape index (κ2) is 7.59. The second-order valence-electron chi connectivity index (χ2n) is 6.82. The fourth-order valence-electron chi connectivity index (χ4n) is 3.55. The number of carbonyl (C=O) groups excluding carboxylic acids is 2. The van der Waals surface area contributed by atoms with Gasteiger partial charge in [0.05, 0.1) is 29.5 Å². The number of hydrogen-bond donors (Lipinski definition) is 1. The van der Waals surface area contributed by atoms with E-state index in [9.17, 15) is 9.59 Å². The van der Waals surface area contributed by atoms with E-state index in [0.29, 0.717) is 29.4 Å². The van der Waals surface area contributed by atoms with Crippen LogP contribution in [-0.2, 0) is 4.79 Å². The zero-order valence-electron chi connectivity index (χ0n) is 15.3. The molecule has 1 aliphatic rings. The number of aryl methyl sites for hydroxylation is 1. The van der Waals surface area contributed by atoms with E-state index in [1.54, 1.807) is 11.8 Å². The molecule has 1 unspecified atom stereocenters. The van der Waals surface area contributed by atoms with Crippen LogP contribution < -0.4 is 4.74 Å². The van der Waals surface area contributed by atoms with Crippen LogP contribution in [0.25, 0.3) is 10.9 Å².